The minimum absolute atomic E-state index is 0.451. The number of amides is 1. The van der Waals surface area contributed by atoms with Crippen LogP contribution in [0, 0.1) is 11.3 Å². The van der Waals surface area contributed by atoms with Gasteiger partial charge in [0.2, 0.25) is 0 Å². The molecule has 0 aliphatic carbocycles. The lowest BCUT2D eigenvalue weighted by molar-refractivity contribution is -0.120. The summed E-state index contributed by atoms with van der Waals surface area (Å²) >= 11 is 0. The molecule has 0 spiro atoms. The number of nitrogens with zero attached hydrogens (tertiary/aromatic N) is 1. The zero-order valence-electron chi connectivity index (χ0n) is 4.51. The van der Waals surface area contributed by atoms with Crippen LogP contribution in [0.3, 0.4) is 0 Å². The summed E-state index contributed by atoms with van der Waals surface area (Å²) in [6, 6.07) is 0.554. The summed E-state index contributed by atoms with van der Waals surface area (Å²) in [5, 5.41) is 10.2. The van der Waals surface area contributed by atoms with Gasteiger partial charge in [-0.25, -0.2) is 0 Å². The maximum atomic E-state index is 10.3. The van der Waals surface area contributed by atoms with Gasteiger partial charge in [0.15, 0.2) is 6.04 Å². The molecule has 0 saturated heterocycles. The molecule has 0 unspecified atom stereocenters. The van der Waals surface area contributed by atoms with E-state index >= 15 is 0 Å². The van der Waals surface area contributed by atoms with E-state index in [1.54, 1.807) is 6.07 Å². The van der Waals surface area contributed by atoms with Crippen molar-refractivity contribution in [1.82, 2.24) is 5.32 Å². The Morgan fingerprint density at radius 2 is 2.50 bits per heavy atom. The fourth-order valence-corrected chi connectivity index (χ4v) is 0.214. The molecule has 1 amide bonds. The van der Waals surface area contributed by atoms with Crippen molar-refractivity contribution in [3.63, 3.8) is 0 Å². The summed E-state index contributed by atoms with van der Waals surface area (Å²) in [5.41, 5.74) is 4.95. The molecule has 0 bridgehead atoms. The number of hydrogen-bond donors (Lipinski definition) is 2. The molecule has 0 rings (SSSR count). The molecule has 1 atom stereocenters. The van der Waals surface area contributed by atoms with Crippen LogP contribution in [0.15, 0.2) is 0 Å². The summed E-state index contributed by atoms with van der Waals surface area (Å²) in [6.07, 6.45) is 0. The number of carbonyl (C=O) groups is 1. The molecule has 0 fully saturated rings. The quantitative estimate of drug-likeness (QED) is 0.438. The lowest BCUT2D eigenvalue weighted by Gasteiger charge is -1.96. The zero-order valence-corrected chi connectivity index (χ0v) is 4.51. The number of nitrogens with two attached hydrogens (primary N) is 1. The summed E-state index contributed by atoms with van der Waals surface area (Å²) in [5.74, 6) is -0.451. The molecule has 0 aliphatic rings. The molecular weight excluding hydrogens is 106 g/mol. The molecule has 44 valence electrons. The summed E-state index contributed by atoms with van der Waals surface area (Å²) < 4.78 is 0. The van der Waals surface area contributed by atoms with Gasteiger partial charge in [0.25, 0.3) is 5.91 Å². The van der Waals surface area contributed by atoms with E-state index in [1.807, 2.05) is 0 Å². The van der Waals surface area contributed by atoms with E-state index in [9.17, 15) is 4.79 Å². The number of hydrogen-bond acceptors (Lipinski definition) is 3. The van der Waals surface area contributed by atoms with Crippen LogP contribution in [0.4, 0.5) is 0 Å². The lowest BCUT2D eigenvalue weighted by atomic mass is 10.3. The standard InChI is InChI=1S/C4H7N3O/c1-7-4(8)3(6)2-5/h3H,6H2,1H3,(H,7,8)/t3-/m0/s1. The molecule has 4 nitrogen and oxygen atoms in total. The second-order valence-corrected chi connectivity index (χ2v) is 1.22. The van der Waals surface area contributed by atoms with E-state index in [0.717, 1.165) is 0 Å². The largest absolute Gasteiger partial charge is 0.357 e. The van der Waals surface area contributed by atoms with Crippen LogP contribution in [0.2, 0.25) is 0 Å². The fourth-order valence-electron chi connectivity index (χ4n) is 0.214. The molecular formula is C4H7N3O. The second-order valence-electron chi connectivity index (χ2n) is 1.22. The third-order valence-corrected chi connectivity index (χ3v) is 0.668. The van der Waals surface area contributed by atoms with Crippen LogP contribution in [0.25, 0.3) is 0 Å². The van der Waals surface area contributed by atoms with Crippen LogP contribution >= 0.6 is 0 Å². The minimum Gasteiger partial charge on any atom is -0.357 e. The molecule has 0 radical (unpaired) electrons. The van der Waals surface area contributed by atoms with E-state index in [1.165, 1.54) is 7.05 Å². The van der Waals surface area contributed by atoms with Gasteiger partial charge < -0.3 is 11.1 Å². The van der Waals surface area contributed by atoms with Crippen LogP contribution in [-0.4, -0.2) is 19.0 Å². The first-order chi connectivity index (χ1) is 3.72. The Hall–Kier alpha value is -1.08. The summed E-state index contributed by atoms with van der Waals surface area (Å²) in [6.45, 7) is 0. The molecule has 8 heavy (non-hydrogen) atoms. The third-order valence-electron chi connectivity index (χ3n) is 0.668. The average Bonchev–Trinajstić information content (AvgIpc) is 1.84. The van der Waals surface area contributed by atoms with Crippen molar-refractivity contribution < 1.29 is 4.79 Å². The zero-order chi connectivity index (χ0) is 6.57. The van der Waals surface area contributed by atoms with Gasteiger partial charge in [-0.2, -0.15) is 5.26 Å². The monoisotopic (exact) mass is 113 g/mol. The lowest BCUT2D eigenvalue weighted by Crippen LogP contribution is -2.37. The van der Waals surface area contributed by atoms with Gasteiger partial charge in [-0.1, -0.05) is 0 Å². The van der Waals surface area contributed by atoms with Crippen molar-refractivity contribution in [2.45, 2.75) is 6.04 Å². The Bertz CT molecular complexity index is 126. The molecule has 0 aromatic rings. The van der Waals surface area contributed by atoms with Gasteiger partial charge in [0.05, 0.1) is 6.07 Å². The number of nitrogens with one attached hydrogen (secondary N) is 1. The Balaban J connectivity index is 3.68. The van der Waals surface area contributed by atoms with E-state index in [0.29, 0.717) is 0 Å². The van der Waals surface area contributed by atoms with Crippen LogP contribution in [0.1, 0.15) is 0 Å². The van der Waals surface area contributed by atoms with Crippen LogP contribution in [0.5, 0.6) is 0 Å². The van der Waals surface area contributed by atoms with Crippen molar-refractivity contribution in [3.8, 4) is 6.07 Å². The Labute approximate surface area is 47.3 Å². The predicted octanol–water partition coefficient (Wildman–Crippen LogP) is -1.42. The number of carbonyl (C=O) groups excluding carboxylic acids is 1. The van der Waals surface area contributed by atoms with Crippen molar-refractivity contribution in [3.05, 3.63) is 0 Å². The molecule has 4 heteroatoms. The first-order valence-electron chi connectivity index (χ1n) is 2.09. The molecule has 0 heterocycles. The Morgan fingerprint density at radius 3 is 2.62 bits per heavy atom. The number of rotatable bonds is 1. The van der Waals surface area contributed by atoms with Crippen LogP contribution in [-0.2, 0) is 4.79 Å². The topological polar surface area (TPSA) is 78.9 Å². The first-order valence-corrected chi connectivity index (χ1v) is 2.09. The SMILES string of the molecule is CNC(=O)[C@@H](N)C#N. The molecule has 0 aliphatic heterocycles. The van der Waals surface area contributed by atoms with Crippen molar-refractivity contribution in [2.24, 2.45) is 5.73 Å². The summed E-state index contributed by atoms with van der Waals surface area (Å²) in [7, 11) is 1.43. The van der Waals surface area contributed by atoms with E-state index < -0.39 is 11.9 Å². The summed E-state index contributed by atoms with van der Waals surface area (Å²) in [4.78, 5) is 10.3. The van der Waals surface area contributed by atoms with Gasteiger partial charge in [-0.15, -0.1) is 0 Å². The Morgan fingerprint density at radius 1 is 2.00 bits per heavy atom. The smallest absolute Gasteiger partial charge is 0.251 e. The van der Waals surface area contributed by atoms with Gasteiger partial charge in [0, 0.05) is 7.05 Å². The highest BCUT2D eigenvalue weighted by atomic mass is 16.2. The maximum absolute atomic E-state index is 10.3. The van der Waals surface area contributed by atoms with Gasteiger partial charge in [-0.05, 0) is 0 Å². The normalized spacial score (nSPS) is 11.6. The van der Waals surface area contributed by atoms with Crippen molar-refractivity contribution >= 4 is 5.91 Å². The Kier molecular flexibility index (Phi) is 2.59. The molecule has 0 aromatic carbocycles. The highest BCUT2D eigenvalue weighted by Gasteiger charge is 2.07. The third kappa shape index (κ3) is 1.58. The maximum Gasteiger partial charge on any atom is 0.251 e. The molecule has 3 N–H and O–H groups in total. The van der Waals surface area contributed by atoms with E-state index in [2.05, 4.69) is 5.32 Å². The minimum atomic E-state index is -1.03. The average molecular weight is 113 g/mol. The number of nitriles is 1. The van der Waals surface area contributed by atoms with Crippen molar-refractivity contribution in [2.75, 3.05) is 7.05 Å². The molecule has 0 saturated carbocycles. The van der Waals surface area contributed by atoms with Gasteiger partial charge >= 0.3 is 0 Å². The highest BCUT2D eigenvalue weighted by Crippen LogP contribution is 1.70. The number of likely N-dealkylation sites (N-methyl/N-ethyl adjacent to an activating group) is 1. The van der Waals surface area contributed by atoms with E-state index in [-0.39, 0.29) is 0 Å². The van der Waals surface area contributed by atoms with E-state index in [4.69, 9.17) is 11.0 Å². The van der Waals surface area contributed by atoms with Crippen molar-refractivity contribution in [1.29, 1.82) is 5.26 Å². The van der Waals surface area contributed by atoms with Crippen LogP contribution < -0.4 is 11.1 Å². The van der Waals surface area contributed by atoms with Gasteiger partial charge in [0.1, 0.15) is 0 Å². The predicted molar refractivity (Wildman–Crippen MR) is 27.7 cm³/mol. The highest BCUT2D eigenvalue weighted by molar-refractivity contribution is 5.83. The fraction of sp³-hybridized carbons (Fsp3) is 0.500. The molecule has 0 aromatic heterocycles. The van der Waals surface area contributed by atoms with Gasteiger partial charge in [-0.3, -0.25) is 4.79 Å². The first kappa shape index (κ1) is 6.92. The second kappa shape index (κ2) is 2.99.